The van der Waals surface area contributed by atoms with Gasteiger partial charge in [-0.15, -0.1) is 0 Å². The van der Waals surface area contributed by atoms with Gasteiger partial charge in [-0.05, 0) is 194 Å². The quantitative estimate of drug-likeness (QED) is 0.0123. The molecule has 2 saturated carbocycles. The van der Waals surface area contributed by atoms with Crippen LogP contribution in [0.25, 0.3) is 0 Å². The van der Waals surface area contributed by atoms with Crippen LogP contribution >= 0.6 is 0 Å². The molecule has 2 aliphatic rings. The van der Waals surface area contributed by atoms with Crippen molar-refractivity contribution in [2.45, 2.75) is 115 Å². The molecule has 0 aliphatic heterocycles. The Kier molecular flexibility index (Phi) is 23.5. The molecule has 0 amide bonds. The molecule has 408 valence electrons. The number of esters is 7. The second kappa shape index (κ2) is 31.1. The van der Waals surface area contributed by atoms with Crippen molar-refractivity contribution in [2.24, 2.45) is 11.8 Å². The minimum absolute atomic E-state index is 0.00516. The van der Waals surface area contributed by atoms with E-state index in [1.54, 1.807) is 48.5 Å². The monoisotopic (exact) mass is 1060 g/mol. The molecule has 0 atom stereocenters. The lowest BCUT2D eigenvalue weighted by atomic mass is 9.87. The molecule has 2 fully saturated rings. The van der Waals surface area contributed by atoms with E-state index in [9.17, 15) is 38.4 Å². The zero-order chi connectivity index (χ0) is 54.8. The molecular formula is C60H66O17. The van der Waals surface area contributed by atoms with Crippen LogP contribution in [0.5, 0.6) is 28.7 Å². The second-order valence-corrected chi connectivity index (χ2v) is 18.6. The van der Waals surface area contributed by atoms with Crippen molar-refractivity contribution in [1.82, 2.24) is 0 Å². The van der Waals surface area contributed by atoms with Crippen molar-refractivity contribution < 1.29 is 81.0 Å². The number of ether oxygens (including phenoxy) is 9. The maximum Gasteiger partial charge on any atom is 0.343 e. The van der Waals surface area contributed by atoms with Crippen LogP contribution in [0.15, 0.2) is 116 Å². The van der Waals surface area contributed by atoms with Crippen LogP contribution < -0.4 is 23.7 Å². The van der Waals surface area contributed by atoms with Crippen LogP contribution in [0.1, 0.15) is 144 Å². The smallest absolute Gasteiger partial charge is 0.343 e. The number of carbonyl (C=O) groups is 8. The summed E-state index contributed by atoms with van der Waals surface area (Å²) in [7, 11) is 0. The molecule has 0 unspecified atom stereocenters. The highest BCUT2D eigenvalue weighted by atomic mass is 16.6. The molecule has 2 aliphatic carbocycles. The lowest BCUT2D eigenvalue weighted by Gasteiger charge is -2.27. The number of carbonyl (C=O) groups excluding carboxylic acids is 8. The van der Waals surface area contributed by atoms with Gasteiger partial charge in [0.15, 0.2) is 6.29 Å². The number of aldehydes is 1. The molecule has 0 heterocycles. The van der Waals surface area contributed by atoms with E-state index < -0.39 is 47.8 Å². The molecule has 4 aromatic rings. The number of hydrogen-bond acceptors (Lipinski definition) is 17. The van der Waals surface area contributed by atoms with E-state index in [0.29, 0.717) is 107 Å². The van der Waals surface area contributed by atoms with E-state index in [1.807, 2.05) is 0 Å². The number of unbranched alkanes of at least 4 members (excludes halogenated alkanes) is 6. The second-order valence-electron chi connectivity index (χ2n) is 18.6. The first-order chi connectivity index (χ1) is 37.4. The Morgan fingerprint density at radius 1 is 0.429 bits per heavy atom. The van der Waals surface area contributed by atoms with E-state index >= 15 is 0 Å². The molecule has 0 aromatic heterocycles. The van der Waals surface area contributed by atoms with Crippen molar-refractivity contribution in [3.8, 4) is 28.7 Å². The Bertz CT molecular complexity index is 2620. The highest BCUT2D eigenvalue weighted by Crippen LogP contribution is 2.31. The van der Waals surface area contributed by atoms with E-state index in [2.05, 4.69) is 13.2 Å². The van der Waals surface area contributed by atoms with Gasteiger partial charge in [-0.2, -0.15) is 0 Å². The Labute approximate surface area is 448 Å². The first-order valence-electron chi connectivity index (χ1n) is 26.2. The van der Waals surface area contributed by atoms with E-state index in [-0.39, 0.29) is 46.2 Å². The van der Waals surface area contributed by atoms with Gasteiger partial charge >= 0.3 is 41.8 Å². The van der Waals surface area contributed by atoms with Gasteiger partial charge in [0, 0.05) is 17.7 Å². The molecule has 0 N–H and O–H groups in total. The van der Waals surface area contributed by atoms with Crippen LogP contribution in [0.2, 0.25) is 0 Å². The predicted molar refractivity (Wildman–Crippen MR) is 280 cm³/mol. The topological polar surface area (TPSA) is 220 Å². The Hall–Kier alpha value is -8.08. The summed E-state index contributed by atoms with van der Waals surface area (Å²) < 4.78 is 49.7. The maximum atomic E-state index is 13.2. The number of rotatable bonds is 29. The first-order valence-corrected chi connectivity index (χ1v) is 26.2. The highest BCUT2D eigenvalue weighted by Gasteiger charge is 2.32. The summed E-state index contributed by atoms with van der Waals surface area (Å²) in [5, 5.41) is 0. The van der Waals surface area contributed by atoms with Crippen molar-refractivity contribution in [1.29, 1.82) is 0 Å². The maximum absolute atomic E-state index is 13.2. The molecule has 17 nitrogen and oxygen atoms in total. The fraction of sp³-hybridized carbons (Fsp3) is 0.400. The zero-order valence-electron chi connectivity index (χ0n) is 43.2. The molecule has 4 aromatic carbocycles. The van der Waals surface area contributed by atoms with Crippen molar-refractivity contribution in [2.75, 3.05) is 26.4 Å². The minimum atomic E-state index is -0.750. The molecule has 0 bridgehead atoms. The molecule has 0 saturated heterocycles. The Morgan fingerprint density at radius 2 is 0.818 bits per heavy atom. The summed E-state index contributed by atoms with van der Waals surface area (Å²) in [6.07, 6.45) is 12.4. The van der Waals surface area contributed by atoms with Gasteiger partial charge in [0.05, 0.1) is 55.0 Å². The van der Waals surface area contributed by atoms with Gasteiger partial charge in [-0.25, -0.2) is 24.0 Å². The molecular weight excluding hydrogens is 993 g/mol. The minimum Gasteiger partial charge on any atom is -0.494 e. The fourth-order valence-corrected chi connectivity index (χ4v) is 8.63. The molecule has 0 radical (unpaired) electrons. The van der Waals surface area contributed by atoms with E-state index in [1.165, 1.54) is 42.5 Å². The SMILES string of the molecule is C=CC(=O)OCCCCCCOc1ccc(OC(=O)[C@H]2CC[C@H](OC(=O)c3ccc(OC(=O)c4ccc(OC(=O)[C@H]5CC[C@H](OC(=O)c6ccc(OCCCCCCOC(=O)C=C)cc6)CC5)cc4)cc3C=O)CC2)cc1. The molecule has 0 spiro atoms. The third-order valence-corrected chi connectivity index (χ3v) is 13.0. The first kappa shape index (κ1) is 58.2. The summed E-state index contributed by atoms with van der Waals surface area (Å²) in [4.78, 5) is 99.4. The van der Waals surface area contributed by atoms with Gasteiger partial charge < -0.3 is 42.6 Å². The molecule has 77 heavy (non-hydrogen) atoms. The standard InChI is InChI=1S/C60H66O17/c1-3-54(62)71-37-11-7-5-9-35-69-46-21-13-41(14-22-46)56(64)73-48-23-15-42(16-24-48)57(65)74-49-25-17-44(18-26-49)59(67)77-52-33-34-53(45(39-52)40-61)60(68)76-50-27-19-43(20-28-50)58(66)75-51-31-29-47(30-32-51)70-36-10-6-8-12-38-72-55(63)4-2/h3-4,13-14,17-18,21-22,25-26,29-34,39-40,42-43,48,50H,1-2,5-12,15-16,19-20,23-24,27-28,35-38H2/t42-,43-,48-,50-. The third kappa shape index (κ3) is 19.5. The van der Waals surface area contributed by atoms with Crippen LogP contribution in [0, 0.1) is 11.8 Å². The van der Waals surface area contributed by atoms with Gasteiger partial charge in [-0.1, -0.05) is 13.2 Å². The van der Waals surface area contributed by atoms with Crippen molar-refractivity contribution in [3.05, 3.63) is 139 Å². The average molecular weight is 1060 g/mol. The summed E-state index contributed by atoms with van der Waals surface area (Å²) in [6.45, 7) is 8.51. The zero-order valence-corrected chi connectivity index (χ0v) is 43.2. The lowest BCUT2D eigenvalue weighted by molar-refractivity contribution is -0.141. The summed E-state index contributed by atoms with van der Waals surface area (Å²) in [5.41, 5.74) is 0.494. The van der Waals surface area contributed by atoms with Gasteiger partial charge in [-0.3, -0.25) is 14.4 Å². The lowest BCUT2D eigenvalue weighted by Crippen LogP contribution is -2.30. The van der Waals surface area contributed by atoms with Crippen LogP contribution in [-0.2, 0) is 38.1 Å². The van der Waals surface area contributed by atoms with Crippen molar-refractivity contribution in [3.63, 3.8) is 0 Å². The Balaban J connectivity index is 0.843. The largest absolute Gasteiger partial charge is 0.494 e. The average Bonchev–Trinajstić information content (AvgIpc) is 3.45. The highest BCUT2D eigenvalue weighted by molar-refractivity contribution is 5.99. The summed E-state index contributed by atoms with van der Waals surface area (Å²) in [6, 6.07) is 23.4. The van der Waals surface area contributed by atoms with Gasteiger partial charge in [0.25, 0.3) is 0 Å². The summed E-state index contributed by atoms with van der Waals surface area (Å²) >= 11 is 0. The van der Waals surface area contributed by atoms with E-state index in [4.69, 9.17) is 42.6 Å². The van der Waals surface area contributed by atoms with Gasteiger partial charge in [0.1, 0.15) is 41.0 Å². The number of hydrogen-bond donors (Lipinski definition) is 0. The van der Waals surface area contributed by atoms with Gasteiger partial charge in [0.2, 0.25) is 0 Å². The predicted octanol–water partition coefficient (Wildman–Crippen LogP) is 10.7. The number of benzene rings is 4. The normalized spacial score (nSPS) is 16.8. The van der Waals surface area contributed by atoms with Crippen molar-refractivity contribution >= 4 is 48.1 Å². The fourth-order valence-electron chi connectivity index (χ4n) is 8.63. The van der Waals surface area contributed by atoms with Crippen LogP contribution in [0.4, 0.5) is 0 Å². The van der Waals surface area contributed by atoms with E-state index in [0.717, 1.165) is 63.5 Å². The third-order valence-electron chi connectivity index (χ3n) is 13.0. The summed E-state index contributed by atoms with van der Waals surface area (Å²) in [5.74, 6) is -2.44. The van der Waals surface area contributed by atoms with Crippen LogP contribution in [0.3, 0.4) is 0 Å². The Morgan fingerprint density at radius 3 is 1.27 bits per heavy atom. The molecule has 6 rings (SSSR count). The molecule has 17 heteroatoms. The van der Waals surface area contributed by atoms with Crippen LogP contribution in [-0.4, -0.2) is 86.7 Å².